The molecule has 4 aliphatic rings. The summed E-state index contributed by atoms with van der Waals surface area (Å²) >= 11 is 0. The summed E-state index contributed by atoms with van der Waals surface area (Å²) in [6.07, 6.45) is 5.53. The first-order chi connectivity index (χ1) is 17.0. The quantitative estimate of drug-likeness (QED) is 0.590. The molecule has 0 radical (unpaired) electrons. The molecule has 3 fully saturated rings. The maximum absolute atomic E-state index is 12.9. The van der Waals surface area contributed by atoms with E-state index in [1.165, 1.54) is 6.42 Å². The molecule has 9 heteroatoms. The zero-order valence-electron chi connectivity index (χ0n) is 20.6. The average molecular weight is 487 g/mol. The van der Waals surface area contributed by atoms with Crippen LogP contribution in [0.5, 0.6) is 5.75 Å². The number of aliphatic hydroxyl groups is 1. The maximum Gasteiger partial charge on any atom is 0.319 e. The number of benzene rings is 1. The third kappa shape index (κ3) is 5.57. The van der Waals surface area contributed by atoms with Gasteiger partial charge in [-0.3, -0.25) is 4.79 Å². The molecular formula is C26H38N4O5. The minimum Gasteiger partial charge on any atom is -0.487 e. The van der Waals surface area contributed by atoms with Gasteiger partial charge in [-0.25, -0.2) is 4.79 Å². The largest absolute Gasteiger partial charge is 0.487 e. The van der Waals surface area contributed by atoms with Gasteiger partial charge in [0.05, 0.1) is 19.1 Å². The van der Waals surface area contributed by atoms with Crippen molar-refractivity contribution in [3.8, 4) is 5.75 Å². The van der Waals surface area contributed by atoms with E-state index in [9.17, 15) is 14.7 Å². The van der Waals surface area contributed by atoms with Crippen LogP contribution in [0.1, 0.15) is 56.4 Å². The fourth-order valence-corrected chi connectivity index (χ4v) is 5.95. The SMILES string of the molecule is CN1CCN(C(=O)C[C@@H]2C[C@@H]3c4cc(NC(=O)NC5CCCCC5)ccc4O[C@@H]3[C@H](CO)O2)CC1. The van der Waals surface area contributed by atoms with Gasteiger partial charge in [-0.15, -0.1) is 0 Å². The van der Waals surface area contributed by atoms with E-state index in [0.717, 1.165) is 68.9 Å². The number of likely N-dealkylation sites (N-methyl/N-ethyl adjacent to an activating group) is 1. The molecule has 5 rings (SSSR count). The summed E-state index contributed by atoms with van der Waals surface area (Å²) in [7, 11) is 2.07. The number of fused-ring (bicyclic) bond motifs is 3. The fraction of sp³-hybridized carbons (Fsp3) is 0.692. The highest BCUT2D eigenvalue weighted by molar-refractivity contribution is 5.89. The lowest BCUT2D eigenvalue weighted by molar-refractivity contribution is -0.150. The van der Waals surface area contributed by atoms with Crippen molar-refractivity contribution in [2.45, 2.75) is 75.2 Å². The van der Waals surface area contributed by atoms with Crippen LogP contribution in [-0.2, 0) is 9.53 Å². The summed E-state index contributed by atoms with van der Waals surface area (Å²) in [6.45, 7) is 3.07. The summed E-state index contributed by atoms with van der Waals surface area (Å²) < 4.78 is 12.3. The van der Waals surface area contributed by atoms with Gasteiger partial charge < -0.3 is 35.0 Å². The van der Waals surface area contributed by atoms with Crippen molar-refractivity contribution in [2.24, 2.45) is 0 Å². The van der Waals surface area contributed by atoms with Crippen LogP contribution < -0.4 is 15.4 Å². The fourth-order valence-electron chi connectivity index (χ4n) is 5.95. The summed E-state index contributed by atoms with van der Waals surface area (Å²) in [5, 5.41) is 16.1. The van der Waals surface area contributed by atoms with E-state index < -0.39 is 6.10 Å². The Bertz CT molecular complexity index is 913. The molecule has 35 heavy (non-hydrogen) atoms. The first-order valence-corrected chi connectivity index (χ1v) is 13.1. The third-order valence-electron chi connectivity index (χ3n) is 7.96. The van der Waals surface area contributed by atoms with Gasteiger partial charge in [0.25, 0.3) is 0 Å². The van der Waals surface area contributed by atoms with E-state index in [-0.39, 0.29) is 42.7 Å². The summed E-state index contributed by atoms with van der Waals surface area (Å²) in [5.74, 6) is 0.864. The van der Waals surface area contributed by atoms with Gasteiger partial charge in [0.1, 0.15) is 18.0 Å². The topological polar surface area (TPSA) is 103 Å². The Morgan fingerprint density at radius 1 is 1.11 bits per heavy atom. The highest BCUT2D eigenvalue weighted by Crippen LogP contribution is 2.47. The van der Waals surface area contributed by atoms with Gasteiger partial charge in [0.15, 0.2) is 0 Å². The lowest BCUT2D eigenvalue weighted by Gasteiger charge is -2.38. The molecule has 1 aromatic carbocycles. The maximum atomic E-state index is 12.9. The number of carbonyl (C=O) groups is 2. The normalized spacial score (nSPS) is 29.1. The number of nitrogens with zero attached hydrogens (tertiary/aromatic N) is 2. The Kier molecular flexibility index (Phi) is 7.45. The second-order valence-corrected chi connectivity index (χ2v) is 10.5. The van der Waals surface area contributed by atoms with Crippen LogP contribution in [0.2, 0.25) is 0 Å². The molecule has 1 saturated carbocycles. The van der Waals surface area contributed by atoms with Crippen LogP contribution in [0.3, 0.4) is 0 Å². The Morgan fingerprint density at radius 3 is 2.63 bits per heavy atom. The molecule has 1 aliphatic carbocycles. The van der Waals surface area contributed by atoms with Crippen LogP contribution in [0, 0.1) is 0 Å². The number of hydrogen-bond donors (Lipinski definition) is 3. The summed E-state index contributed by atoms with van der Waals surface area (Å²) in [5.41, 5.74) is 1.72. The first kappa shape index (κ1) is 24.3. The van der Waals surface area contributed by atoms with Crippen molar-refractivity contribution in [2.75, 3.05) is 45.2 Å². The Labute approximate surface area is 207 Å². The van der Waals surface area contributed by atoms with E-state index in [1.54, 1.807) is 0 Å². The number of carbonyl (C=O) groups excluding carboxylic acids is 2. The van der Waals surface area contributed by atoms with Crippen molar-refractivity contribution >= 4 is 17.6 Å². The predicted molar refractivity (Wildman–Crippen MR) is 132 cm³/mol. The van der Waals surface area contributed by atoms with Crippen LogP contribution in [-0.4, -0.2) is 91.0 Å². The number of anilines is 1. The number of aliphatic hydroxyl groups excluding tert-OH is 1. The molecule has 2 saturated heterocycles. The molecule has 1 aromatic rings. The van der Waals surface area contributed by atoms with Gasteiger partial charge in [-0.1, -0.05) is 19.3 Å². The molecule has 0 bridgehead atoms. The van der Waals surface area contributed by atoms with Crippen molar-refractivity contribution < 1.29 is 24.2 Å². The number of ether oxygens (including phenoxy) is 2. The van der Waals surface area contributed by atoms with Crippen molar-refractivity contribution in [1.82, 2.24) is 15.1 Å². The zero-order chi connectivity index (χ0) is 24.4. The van der Waals surface area contributed by atoms with E-state index >= 15 is 0 Å². The van der Waals surface area contributed by atoms with E-state index in [1.807, 2.05) is 23.1 Å². The summed E-state index contributed by atoms with van der Waals surface area (Å²) in [4.78, 5) is 29.6. The second kappa shape index (κ2) is 10.7. The van der Waals surface area contributed by atoms with E-state index in [4.69, 9.17) is 9.47 Å². The van der Waals surface area contributed by atoms with Gasteiger partial charge in [-0.05, 0) is 44.5 Å². The summed E-state index contributed by atoms with van der Waals surface area (Å²) in [6, 6.07) is 5.76. The second-order valence-electron chi connectivity index (χ2n) is 10.5. The van der Waals surface area contributed by atoms with Crippen molar-refractivity contribution in [3.63, 3.8) is 0 Å². The number of hydrogen-bond acceptors (Lipinski definition) is 6. The minimum absolute atomic E-state index is 0.00402. The lowest BCUT2D eigenvalue weighted by atomic mass is 9.84. The monoisotopic (exact) mass is 486 g/mol. The van der Waals surface area contributed by atoms with Crippen LogP contribution in [0.15, 0.2) is 18.2 Å². The molecule has 3 N–H and O–H groups in total. The van der Waals surface area contributed by atoms with Crippen LogP contribution in [0.4, 0.5) is 10.5 Å². The number of amides is 3. The molecule has 4 atom stereocenters. The van der Waals surface area contributed by atoms with Gasteiger partial charge in [0, 0.05) is 49.4 Å². The molecule has 9 nitrogen and oxygen atoms in total. The molecular weight excluding hydrogens is 448 g/mol. The number of urea groups is 1. The highest BCUT2D eigenvalue weighted by Gasteiger charge is 2.46. The van der Waals surface area contributed by atoms with E-state index in [2.05, 4.69) is 22.6 Å². The van der Waals surface area contributed by atoms with Crippen LogP contribution in [0.25, 0.3) is 0 Å². The first-order valence-electron chi connectivity index (χ1n) is 13.1. The van der Waals surface area contributed by atoms with Gasteiger partial charge in [-0.2, -0.15) is 0 Å². The highest BCUT2D eigenvalue weighted by atomic mass is 16.6. The molecule has 3 heterocycles. The molecule has 3 aliphatic heterocycles. The van der Waals surface area contributed by atoms with Gasteiger partial charge >= 0.3 is 6.03 Å². The molecule has 0 spiro atoms. The third-order valence-corrected chi connectivity index (χ3v) is 7.96. The van der Waals surface area contributed by atoms with Crippen molar-refractivity contribution in [3.05, 3.63) is 23.8 Å². The molecule has 192 valence electrons. The minimum atomic E-state index is -0.488. The molecule has 3 amide bonds. The van der Waals surface area contributed by atoms with Crippen molar-refractivity contribution in [1.29, 1.82) is 0 Å². The Morgan fingerprint density at radius 2 is 1.89 bits per heavy atom. The Balaban J connectivity index is 1.24. The Hall–Kier alpha value is -2.36. The number of nitrogens with one attached hydrogen (secondary N) is 2. The predicted octanol–water partition coefficient (Wildman–Crippen LogP) is 2.30. The lowest BCUT2D eigenvalue weighted by Crippen LogP contribution is -2.50. The number of rotatable bonds is 5. The average Bonchev–Trinajstić information content (AvgIpc) is 3.22. The number of piperazine rings is 1. The molecule has 0 unspecified atom stereocenters. The molecule has 0 aromatic heterocycles. The van der Waals surface area contributed by atoms with Gasteiger partial charge in [0.2, 0.25) is 5.91 Å². The van der Waals surface area contributed by atoms with E-state index in [0.29, 0.717) is 12.8 Å². The smallest absolute Gasteiger partial charge is 0.319 e. The standard InChI is InChI=1S/C26H38N4O5/c1-29-9-11-30(12-10-29)24(32)15-19-14-21-20-13-18(28-26(33)27-17-5-3-2-4-6-17)7-8-22(20)35-25(21)23(16-31)34-19/h7-8,13,17,19,21,23,25,31H,2-6,9-12,14-16H2,1H3,(H2,27,28,33)/t19-,21+,23-,25-/m0/s1. The zero-order valence-corrected chi connectivity index (χ0v) is 20.6. The van der Waals surface area contributed by atoms with Crippen LogP contribution >= 0.6 is 0 Å².